The number of carboxylic acid groups (broad SMARTS) is 1. The number of carbonyl (C=O) groups is 2. The van der Waals surface area contributed by atoms with E-state index in [-0.39, 0.29) is 18.8 Å². The minimum atomic E-state index is -1.10. The summed E-state index contributed by atoms with van der Waals surface area (Å²) in [5.41, 5.74) is 0.152. The molecule has 0 spiro atoms. The van der Waals surface area contributed by atoms with Crippen LogP contribution in [0.4, 0.5) is 14.9 Å². The summed E-state index contributed by atoms with van der Waals surface area (Å²) in [7, 11) is 0. The average Bonchev–Trinajstić information content (AvgIpc) is 2.38. The summed E-state index contributed by atoms with van der Waals surface area (Å²) in [5.74, 6) is -1.61. The molecule has 0 atom stereocenters. The Morgan fingerprint density at radius 2 is 1.84 bits per heavy atom. The Kier molecular flexibility index (Phi) is 5.29. The van der Waals surface area contributed by atoms with Crippen molar-refractivity contribution in [3.8, 4) is 0 Å². The van der Waals surface area contributed by atoms with Gasteiger partial charge in [-0.25, -0.2) is 9.18 Å². The molecule has 0 heterocycles. The number of carboxylic acids is 1. The number of anilines is 1. The predicted octanol–water partition coefficient (Wildman–Crippen LogP) is 2.18. The van der Waals surface area contributed by atoms with E-state index in [9.17, 15) is 14.0 Å². The number of carbonyl (C=O) groups excluding carboxylic acids is 1. The van der Waals surface area contributed by atoms with Gasteiger partial charge < -0.3 is 10.0 Å². The van der Waals surface area contributed by atoms with Gasteiger partial charge in [0.05, 0.1) is 5.69 Å². The van der Waals surface area contributed by atoms with Crippen molar-refractivity contribution >= 4 is 17.7 Å². The number of halogens is 1. The number of rotatable bonds is 5. The van der Waals surface area contributed by atoms with Gasteiger partial charge in [-0.3, -0.25) is 9.69 Å². The third-order valence-electron chi connectivity index (χ3n) is 2.67. The van der Waals surface area contributed by atoms with Crippen LogP contribution in [-0.4, -0.2) is 41.6 Å². The van der Waals surface area contributed by atoms with Crippen molar-refractivity contribution in [2.45, 2.75) is 13.8 Å². The van der Waals surface area contributed by atoms with E-state index in [2.05, 4.69) is 0 Å². The van der Waals surface area contributed by atoms with Crippen LogP contribution in [0.25, 0.3) is 0 Å². The molecule has 6 heteroatoms. The molecule has 1 N–H and O–H groups in total. The Balaban J connectivity index is 2.99. The summed E-state index contributed by atoms with van der Waals surface area (Å²) >= 11 is 0. The monoisotopic (exact) mass is 268 g/mol. The van der Waals surface area contributed by atoms with Crippen molar-refractivity contribution in [2.24, 2.45) is 0 Å². The smallest absolute Gasteiger partial charge is 0.325 e. The lowest BCUT2D eigenvalue weighted by atomic mass is 10.2. The predicted molar refractivity (Wildman–Crippen MR) is 69.7 cm³/mol. The molecule has 2 amide bonds. The normalized spacial score (nSPS) is 10.1. The Hall–Kier alpha value is -2.11. The van der Waals surface area contributed by atoms with E-state index < -0.39 is 24.4 Å². The van der Waals surface area contributed by atoms with E-state index in [4.69, 9.17) is 5.11 Å². The topological polar surface area (TPSA) is 60.9 Å². The molecule has 1 rings (SSSR count). The summed E-state index contributed by atoms with van der Waals surface area (Å²) in [6.45, 7) is 3.49. The summed E-state index contributed by atoms with van der Waals surface area (Å²) in [6, 6.07) is 5.40. The highest BCUT2D eigenvalue weighted by molar-refractivity contribution is 5.93. The lowest BCUT2D eigenvalue weighted by Gasteiger charge is -2.28. The number of aliphatic carboxylic acids is 1. The molecule has 0 saturated carbocycles. The van der Waals surface area contributed by atoms with Gasteiger partial charge in [-0.2, -0.15) is 0 Å². The van der Waals surface area contributed by atoms with Gasteiger partial charge in [-0.1, -0.05) is 12.1 Å². The number of hydrogen-bond acceptors (Lipinski definition) is 2. The van der Waals surface area contributed by atoms with E-state index in [1.54, 1.807) is 19.9 Å². The fourth-order valence-electron chi connectivity index (χ4n) is 1.73. The first kappa shape index (κ1) is 14.9. The van der Waals surface area contributed by atoms with Gasteiger partial charge in [-0.15, -0.1) is 0 Å². The molecule has 0 unspecified atom stereocenters. The standard InChI is InChI=1S/C13H17FN2O3/c1-3-15(9-12(17)18)13(19)16(4-2)11-8-6-5-7-10(11)14/h5-8H,3-4,9H2,1-2H3,(H,17,18). The van der Waals surface area contributed by atoms with Gasteiger partial charge in [0.25, 0.3) is 0 Å². The summed E-state index contributed by atoms with van der Waals surface area (Å²) in [6.07, 6.45) is 0. The Bertz CT molecular complexity index is 465. The van der Waals surface area contributed by atoms with Gasteiger partial charge in [0.1, 0.15) is 12.4 Å². The maximum Gasteiger partial charge on any atom is 0.325 e. The molecule has 0 aliphatic rings. The fourth-order valence-corrected chi connectivity index (χ4v) is 1.73. The second-order valence-corrected chi connectivity index (χ2v) is 3.89. The Morgan fingerprint density at radius 3 is 2.32 bits per heavy atom. The van der Waals surface area contributed by atoms with Gasteiger partial charge in [0.2, 0.25) is 0 Å². The minimum absolute atomic E-state index is 0.152. The third kappa shape index (κ3) is 3.67. The molecule has 0 aliphatic carbocycles. The van der Waals surface area contributed by atoms with Crippen molar-refractivity contribution < 1.29 is 19.1 Å². The van der Waals surface area contributed by atoms with Crippen LogP contribution >= 0.6 is 0 Å². The number of benzene rings is 1. The fraction of sp³-hybridized carbons (Fsp3) is 0.385. The second kappa shape index (κ2) is 6.72. The van der Waals surface area contributed by atoms with E-state index in [0.717, 1.165) is 4.90 Å². The van der Waals surface area contributed by atoms with E-state index in [1.165, 1.54) is 23.1 Å². The van der Waals surface area contributed by atoms with Crippen molar-refractivity contribution in [1.29, 1.82) is 0 Å². The number of hydrogen-bond donors (Lipinski definition) is 1. The third-order valence-corrected chi connectivity index (χ3v) is 2.67. The van der Waals surface area contributed by atoms with Crippen LogP contribution in [0.2, 0.25) is 0 Å². The number of likely N-dealkylation sites (N-methyl/N-ethyl adjacent to an activating group) is 1. The largest absolute Gasteiger partial charge is 0.480 e. The highest BCUT2D eigenvalue weighted by Gasteiger charge is 2.23. The molecule has 0 fully saturated rings. The summed E-state index contributed by atoms with van der Waals surface area (Å²) < 4.78 is 13.7. The molecule has 0 saturated heterocycles. The van der Waals surface area contributed by atoms with Crippen LogP contribution in [0.3, 0.4) is 0 Å². The zero-order chi connectivity index (χ0) is 14.4. The van der Waals surface area contributed by atoms with Crippen LogP contribution in [0.1, 0.15) is 13.8 Å². The lowest BCUT2D eigenvalue weighted by molar-refractivity contribution is -0.137. The zero-order valence-electron chi connectivity index (χ0n) is 11.0. The van der Waals surface area contributed by atoms with E-state index in [1.807, 2.05) is 0 Å². The van der Waals surface area contributed by atoms with Crippen LogP contribution in [-0.2, 0) is 4.79 Å². The van der Waals surface area contributed by atoms with E-state index >= 15 is 0 Å². The van der Waals surface area contributed by atoms with E-state index in [0.29, 0.717) is 0 Å². The molecule has 0 aromatic heterocycles. The molecule has 1 aromatic carbocycles. The second-order valence-electron chi connectivity index (χ2n) is 3.89. The lowest BCUT2D eigenvalue weighted by Crippen LogP contribution is -2.45. The van der Waals surface area contributed by atoms with Gasteiger partial charge in [-0.05, 0) is 26.0 Å². The number of amides is 2. The van der Waals surface area contributed by atoms with Crippen LogP contribution in [0.15, 0.2) is 24.3 Å². The Labute approximate surface area is 111 Å². The van der Waals surface area contributed by atoms with Gasteiger partial charge in [0.15, 0.2) is 0 Å². The van der Waals surface area contributed by atoms with Crippen LogP contribution < -0.4 is 4.90 Å². The molecule has 0 bridgehead atoms. The average molecular weight is 268 g/mol. The maximum absolute atomic E-state index is 13.7. The molecular formula is C13H17FN2O3. The molecule has 104 valence electrons. The van der Waals surface area contributed by atoms with Crippen molar-refractivity contribution in [2.75, 3.05) is 24.5 Å². The van der Waals surface area contributed by atoms with Crippen molar-refractivity contribution in [1.82, 2.24) is 4.90 Å². The highest BCUT2D eigenvalue weighted by atomic mass is 19.1. The quantitative estimate of drug-likeness (QED) is 0.890. The molecule has 1 aromatic rings. The number of nitrogens with zero attached hydrogens (tertiary/aromatic N) is 2. The highest BCUT2D eigenvalue weighted by Crippen LogP contribution is 2.19. The number of urea groups is 1. The van der Waals surface area contributed by atoms with Crippen molar-refractivity contribution in [3.05, 3.63) is 30.1 Å². The summed E-state index contributed by atoms with van der Waals surface area (Å²) in [4.78, 5) is 25.3. The summed E-state index contributed by atoms with van der Waals surface area (Å²) in [5, 5.41) is 8.76. The maximum atomic E-state index is 13.7. The first-order valence-electron chi connectivity index (χ1n) is 6.04. The molecule has 0 radical (unpaired) electrons. The number of para-hydroxylation sites is 1. The molecule has 0 aliphatic heterocycles. The first-order valence-corrected chi connectivity index (χ1v) is 6.04. The van der Waals surface area contributed by atoms with Crippen LogP contribution in [0.5, 0.6) is 0 Å². The minimum Gasteiger partial charge on any atom is -0.480 e. The van der Waals surface area contributed by atoms with Gasteiger partial charge in [0, 0.05) is 13.1 Å². The molecule has 5 nitrogen and oxygen atoms in total. The SMILES string of the molecule is CCN(CC(=O)O)C(=O)N(CC)c1ccccc1F. The zero-order valence-corrected chi connectivity index (χ0v) is 11.0. The molecular weight excluding hydrogens is 251 g/mol. The van der Waals surface area contributed by atoms with Crippen LogP contribution in [0, 0.1) is 5.82 Å². The van der Waals surface area contributed by atoms with Crippen molar-refractivity contribution in [3.63, 3.8) is 0 Å². The first-order chi connectivity index (χ1) is 9.01. The van der Waals surface area contributed by atoms with Gasteiger partial charge >= 0.3 is 12.0 Å². The molecule has 19 heavy (non-hydrogen) atoms. The Morgan fingerprint density at radius 1 is 1.21 bits per heavy atom.